The molecule has 0 spiro atoms. The Kier molecular flexibility index (Phi) is 4.70. The molecule has 4 rings (SSSR count). The van der Waals surface area contributed by atoms with Crippen LogP contribution in [0.5, 0.6) is 0 Å². The highest BCUT2D eigenvalue weighted by Gasteiger charge is 2.40. The molecule has 1 N–H and O–H groups in total. The number of carbonyl (C=O) groups is 3. The zero-order valence-electron chi connectivity index (χ0n) is 14.7. The Balaban J connectivity index is 1.57. The number of amides is 2. The molecule has 0 radical (unpaired) electrons. The highest BCUT2D eigenvalue weighted by atomic mass is 32.1. The average Bonchev–Trinajstić information content (AvgIpc) is 3.37. The Bertz CT molecular complexity index is 880. The molecule has 0 saturated carbocycles. The fraction of sp³-hybridized carbons (Fsp3) is 0.350. The van der Waals surface area contributed by atoms with E-state index < -0.39 is 17.9 Å². The third-order valence-corrected chi connectivity index (χ3v) is 6.19. The molecule has 1 fully saturated rings. The standard InChI is InChI=1S/C20H20N2O4S/c23-18(16-7-3-9-22(16)19(24)17-8-4-10-27-17)21-11-13-5-1-2-6-14(13)15(12-21)20(25)26/h1-2,4-6,8,10,15-16H,3,7,9,11-12H2,(H,25,26). The van der Waals surface area contributed by atoms with E-state index in [9.17, 15) is 19.5 Å². The number of nitrogens with zero attached hydrogens (tertiary/aromatic N) is 2. The van der Waals surface area contributed by atoms with Gasteiger partial charge in [-0.3, -0.25) is 14.4 Å². The number of hydrogen-bond donors (Lipinski definition) is 1. The molecule has 140 valence electrons. The Labute approximate surface area is 161 Å². The highest BCUT2D eigenvalue weighted by molar-refractivity contribution is 7.12. The van der Waals surface area contributed by atoms with Crippen LogP contribution in [0.2, 0.25) is 0 Å². The molecule has 2 aliphatic heterocycles. The molecule has 2 amide bonds. The molecule has 6 nitrogen and oxygen atoms in total. The van der Waals surface area contributed by atoms with E-state index in [4.69, 9.17) is 0 Å². The van der Waals surface area contributed by atoms with E-state index in [0.717, 1.165) is 17.5 Å². The van der Waals surface area contributed by atoms with Gasteiger partial charge in [0.05, 0.1) is 10.8 Å². The second-order valence-electron chi connectivity index (χ2n) is 6.94. The minimum Gasteiger partial charge on any atom is -0.481 e. The van der Waals surface area contributed by atoms with Gasteiger partial charge in [-0.05, 0) is 35.4 Å². The first kappa shape index (κ1) is 17.7. The summed E-state index contributed by atoms with van der Waals surface area (Å²) in [5.74, 6) is -1.94. The summed E-state index contributed by atoms with van der Waals surface area (Å²) in [7, 11) is 0. The fourth-order valence-corrected chi connectivity index (χ4v) is 4.68. The topological polar surface area (TPSA) is 77.9 Å². The van der Waals surface area contributed by atoms with Gasteiger partial charge in [-0.2, -0.15) is 0 Å². The normalized spacial score (nSPS) is 21.8. The van der Waals surface area contributed by atoms with Crippen LogP contribution in [0, 0.1) is 0 Å². The molecule has 2 atom stereocenters. The number of carboxylic acids is 1. The fourth-order valence-electron chi connectivity index (χ4n) is 4.01. The van der Waals surface area contributed by atoms with Gasteiger partial charge < -0.3 is 14.9 Å². The molecule has 3 heterocycles. The van der Waals surface area contributed by atoms with Crippen molar-refractivity contribution in [3.63, 3.8) is 0 Å². The third-order valence-electron chi connectivity index (χ3n) is 5.34. The van der Waals surface area contributed by atoms with Crippen molar-refractivity contribution in [3.8, 4) is 0 Å². The van der Waals surface area contributed by atoms with E-state index >= 15 is 0 Å². The van der Waals surface area contributed by atoms with Crippen LogP contribution in [-0.4, -0.2) is 51.8 Å². The highest BCUT2D eigenvalue weighted by Crippen LogP contribution is 2.31. The summed E-state index contributed by atoms with van der Waals surface area (Å²) in [5, 5.41) is 11.5. The zero-order valence-corrected chi connectivity index (χ0v) is 15.5. The molecular formula is C20H20N2O4S. The summed E-state index contributed by atoms with van der Waals surface area (Å²) in [6.07, 6.45) is 1.39. The van der Waals surface area contributed by atoms with Crippen molar-refractivity contribution in [2.45, 2.75) is 31.3 Å². The number of thiophene rings is 1. The maximum Gasteiger partial charge on any atom is 0.312 e. The molecule has 1 aromatic carbocycles. The summed E-state index contributed by atoms with van der Waals surface area (Å²) < 4.78 is 0. The predicted octanol–water partition coefficient (Wildman–Crippen LogP) is 2.56. The van der Waals surface area contributed by atoms with E-state index in [1.54, 1.807) is 15.9 Å². The van der Waals surface area contributed by atoms with E-state index in [2.05, 4.69) is 0 Å². The second kappa shape index (κ2) is 7.15. The minimum absolute atomic E-state index is 0.118. The summed E-state index contributed by atoms with van der Waals surface area (Å²) in [6, 6.07) is 10.4. The van der Waals surface area contributed by atoms with Crippen molar-refractivity contribution in [1.29, 1.82) is 0 Å². The van der Waals surface area contributed by atoms with Crippen LogP contribution in [0.25, 0.3) is 0 Å². The third kappa shape index (κ3) is 3.23. The van der Waals surface area contributed by atoms with Crippen LogP contribution in [0.1, 0.15) is 39.6 Å². The Morgan fingerprint density at radius 1 is 1.11 bits per heavy atom. The molecule has 2 unspecified atom stereocenters. The number of hydrogen-bond acceptors (Lipinski definition) is 4. The quantitative estimate of drug-likeness (QED) is 0.882. The van der Waals surface area contributed by atoms with Gasteiger partial charge in [-0.1, -0.05) is 30.3 Å². The maximum atomic E-state index is 13.2. The largest absolute Gasteiger partial charge is 0.481 e. The lowest BCUT2D eigenvalue weighted by atomic mass is 9.89. The smallest absolute Gasteiger partial charge is 0.312 e. The first-order valence-corrected chi connectivity index (χ1v) is 9.88. The van der Waals surface area contributed by atoms with Gasteiger partial charge in [0, 0.05) is 19.6 Å². The van der Waals surface area contributed by atoms with Gasteiger partial charge in [-0.25, -0.2) is 0 Å². The van der Waals surface area contributed by atoms with Crippen molar-refractivity contribution in [2.75, 3.05) is 13.1 Å². The summed E-state index contributed by atoms with van der Waals surface area (Å²) >= 11 is 1.37. The number of rotatable bonds is 3. The lowest BCUT2D eigenvalue weighted by molar-refractivity contribution is -0.142. The van der Waals surface area contributed by atoms with Crippen LogP contribution < -0.4 is 0 Å². The first-order valence-electron chi connectivity index (χ1n) is 9.00. The molecule has 2 aromatic rings. The zero-order chi connectivity index (χ0) is 19.0. The molecule has 0 bridgehead atoms. The Hall–Kier alpha value is -2.67. The number of carboxylic acid groups (broad SMARTS) is 1. The van der Waals surface area contributed by atoms with Crippen LogP contribution in [-0.2, 0) is 16.1 Å². The van der Waals surface area contributed by atoms with E-state index in [-0.39, 0.29) is 18.4 Å². The molecule has 1 saturated heterocycles. The lowest BCUT2D eigenvalue weighted by Gasteiger charge is -2.36. The van der Waals surface area contributed by atoms with Crippen LogP contribution >= 0.6 is 11.3 Å². The van der Waals surface area contributed by atoms with Crippen molar-refractivity contribution >= 4 is 29.1 Å². The number of aliphatic carboxylic acids is 1. The molecular weight excluding hydrogens is 364 g/mol. The Morgan fingerprint density at radius 2 is 1.93 bits per heavy atom. The number of benzene rings is 1. The van der Waals surface area contributed by atoms with Crippen LogP contribution in [0.3, 0.4) is 0 Å². The Morgan fingerprint density at radius 3 is 2.67 bits per heavy atom. The van der Waals surface area contributed by atoms with E-state index in [0.29, 0.717) is 24.4 Å². The number of likely N-dealkylation sites (tertiary alicyclic amines) is 1. The van der Waals surface area contributed by atoms with Crippen molar-refractivity contribution in [1.82, 2.24) is 9.80 Å². The van der Waals surface area contributed by atoms with Gasteiger partial charge in [0.2, 0.25) is 5.91 Å². The monoisotopic (exact) mass is 384 g/mol. The average molecular weight is 384 g/mol. The molecule has 0 aliphatic carbocycles. The van der Waals surface area contributed by atoms with Gasteiger partial charge in [0.25, 0.3) is 5.91 Å². The molecule has 2 aliphatic rings. The summed E-state index contributed by atoms with van der Waals surface area (Å²) in [5.41, 5.74) is 1.63. The predicted molar refractivity (Wildman–Crippen MR) is 101 cm³/mol. The second-order valence-corrected chi connectivity index (χ2v) is 7.89. The molecule has 27 heavy (non-hydrogen) atoms. The van der Waals surface area contributed by atoms with Gasteiger partial charge in [0.15, 0.2) is 0 Å². The lowest BCUT2D eigenvalue weighted by Crippen LogP contribution is -2.50. The SMILES string of the molecule is O=C(O)C1CN(C(=O)C2CCCN2C(=O)c2cccs2)Cc2ccccc21. The summed E-state index contributed by atoms with van der Waals surface area (Å²) in [6.45, 7) is 1.08. The maximum absolute atomic E-state index is 13.2. The van der Waals surface area contributed by atoms with Crippen molar-refractivity contribution < 1.29 is 19.5 Å². The minimum atomic E-state index is -0.933. The van der Waals surface area contributed by atoms with Gasteiger partial charge >= 0.3 is 5.97 Å². The first-order chi connectivity index (χ1) is 13.1. The van der Waals surface area contributed by atoms with Crippen LogP contribution in [0.15, 0.2) is 41.8 Å². The number of fused-ring (bicyclic) bond motifs is 1. The molecule has 7 heteroatoms. The number of carbonyl (C=O) groups excluding carboxylic acids is 2. The van der Waals surface area contributed by atoms with Gasteiger partial charge in [-0.15, -0.1) is 11.3 Å². The van der Waals surface area contributed by atoms with Crippen LogP contribution in [0.4, 0.5) is 0 Å². The van der Waals surface area contributed by atoms with E-state index in [1.807, 2.05) is 35.7 Å². The van der Waals surface area contributed by atoms with Crippen molar-refractivity contribution in [2.24, 2.45) is 0 Å². The van der Waals surface area contributed by atoms with Gasteiger partial charge in [0.1, 0.15) is 6.04 Å². The van der Waals surface area contributed by atoms with Crippen molar-refractivity contribution in [3.05, 3.63) is 57.8 Å². The summed E-state index contributed by atoms with van der Waals surface area (Å²) in [4.78, 5) is 41.6. The molecule has 1 aromatic heterocycles. The van der Waals surface area contributed by atoms with E-state index in [1.165, 1.54) is 11.3 Å².